The quantitative estimate of drug-likeness (QED) is 0.836. The second-order valence-electron chi connectivity index (χ2n) is 4.40. The minimum Gasteiger partial charge on any atom is -0.327 e. The largest absolute Gasteiger partial charge is 0.327 e. The minimum absolute atomic E-state index is 0.172. The van der Waals surface area contributed by atoms with Crippen molar-refractivity contribution in [2.45, 2.75) is 18.7 Å². The Bertz CT molecular complexity index is 620. The summed E-state index contributed by atoms with van der Waals surface area (Å²) < 4.78 is 13.3. The van der Waals surface area contributed by atoms with E-state index < -0.39 is 0 Å². The number of thiazole rings is 1. The van der Waals surface area contributed by atoms with Gasteiger partial charge >= 0.3 is 0 Å². The fourth-order valence-corrected chi connectivity index (χ4v) is 3.30. The van der Waals surface area contributed by atoms with E-state index in [4.69, 9.17) is 5.73 Å². The van der Waals surface area contributed by atoms with Crippen molar-refractivity contribution in [2.24, 2.45) is 5.73 Å². The van der Waals surface area contributed by atoms with Gasteiger partial charge in [-0.2, -0.15) is 0 Å². The molecule has 0 bridgehead atoms. The van der Waals surface area contributed by atoms with Crippen molar-refractivity contribution in [3.8, 4) is 11.3 Å². The maximum absolute atomic E-state index is 13.3. The van der Waals surface area contributed by atoms with Crippen LogP contribution in [0.2, 0.25) is 0 Å². The number of aryl methyl sites for hydroxylation is 2. The Kier molecular flexibility index (Phi) is 5.34. The predicted octanol–water partition coefficient (Wildman–Crippen LogP) is 4.33. The van der Waals surface area contributed by atoms with Gasteiger partial charge in [0.25, 0.3) is 0 Å². The van der Waals surface area contributed by atoms with E-state index in [1.54, 1.807) is 11.3 Å². The first-order chi connectivity index (χ1) is 9.60. The van der Waals surface area contributed by atoms with Gasteiger partial charge in [-0.05, 0) is 37.6 Å². The van der Waals surface area contributed by atoms with Crippen molar-refractivity contribution in [3.63, 3.8) is 0 Å². The summed E-state index contributed by atoms with van der Waals surface area (Å²) in [7, 11) is 0. The second-order valence-corrected chi connectivity index (χ2v) is 6.51. The number of rotatable bonds is 5. The maximum Gasteiger partial charge on any atom is 0.107 e. The lowest BCUT2D eigenvalue weighted by molar-refractivity contribution is 0.640. The van der Waals surface area contributed by atoms with Gasteiger partial charge in [-0.25, -0.2) is 9.37 Å². The molecule has 0 atom stereocenters. The van der Waals surface area contributed by atoms with E-state index in [1.807, 2.05) is 13.0 Å². The zero-order chi connectivity index (χ0) is 14.5. The highest BCUT2D eigenvalue weighted by atomic mass is 32.2. The number of thioether (sulfide) groups is 1. The first-order valence-corrected chi connectivity index (χ1v) is 8.17. The number of aromatic nitrogens is 1. The molecule has 0 aliphatic rings. The van der Waals surface area contributed by atoms with Gasteiger partial charge in [0.05, 0.1) is 10.7 Å². The molecular formula is C15H17FN2S2. The molecule has 1 aromatic heterocycles. The molecule has 0 radical (unpaired) electrons. The Labute approximate surface area is 126 Å². The van der Waals surface area contributed by atoms with E-state index in [9.17, 15) is 4.39 Å². The van der Waals surface area contributed by atoms with Crippen LogP contribution in [0, 0.1) is 13.8 Å². The molecule has 106 valence electrons. The number of hydrogen-bond donors (Lipinski definition) is 1. The summed E-state index contributed by atoms with van der Waals surface area (Å²) >= 11 is 3.12. The lowest BCUT2D eigenvalue weighted by Gasteiger charge is -2.06. The number of hydrogen-bond acceptors (Lipinski definition) is 4. The molecular weight excluding hydrogens is 291 g/mol. The van der Waals surface area contributed by atoms with Crippen LogP contribution < -0.4 is 5.73 Å². The molecule has 2 aromatic rings. The van der Waals surface area contributed by atoms with Crippen LogP contribution in [0.4, 0.5) is 4.39 Å². The molecule has 0 amide bonds. The van der Waals surface area contributed by atoms with Gasteiger partial charge in [0, 0.05) is 28.1 Å². The van der Waals surface area contributed by atoms with Crippen LogP contribution in [0.1, 0.15) is 10.6 Å². The fraction of sp³-hybridized carbons (Fsp3) is 0.267. The van der Waals surface area contributed by atoms with Crippen molar-refractivity contribution in [1.29, 1.82) is 0 Å². The van der Waals surface area contributed by atoms with E-state index >= 15 is 0 Å². The average Bonchev–Trinajstić information content (AvgIpc) is 2.83. The van der Waals surface area contributed by atoms with Crippen LogP contribution in [-0.2, 0) is 0 Å². The average molecular weight is 308 g/mol. The van der Waals surface area contributed by atoms with Crippen LogP contribution in [0.5, 0.6) is 0 Å². The van der Waals surface area contributed by atoms with Crippen LogP contribution in [-0.4, -0.2) is 17.3 Å². The summed E-state index contributed by atoms with van der Waals surface area (Å²) in [6, 6.07) is 6.14. The van der Waals surface area contributed by atoms with Gasteiger partial charge in [0.2, 0.25) is 0 Å². The molecule has 0 aliphatic heterocycles. The van der Waals surface area contributed by atoms with Crippen molar-refractivity contribution < 1.29 is 4.39 Å². The molecule has 0 aliphatic carbocycles. The third-order valence-electron chi connectivity index (χ3n) is 2.81. The smallest absolute Gasteiger partial charge is 0.107 e. The fourth-order valence-electron chi connectivity index (χ4n) is 1.84. The van der Waals surface area contributed by atoms with Crippen LogP contribution in [0.15, 0.2) is 40.4 Å². The van der Waals surface area contributed by atoms with Crippen molar-refractivity contribution in [1.82, 2.24) is 4.98 Å². The molecule has 0 unspecified atom stereocenters. The summed E-state index contributed by atoms with van der Waals surface area (Å²) in [5.74, 6) is 0.153. The van der Waals surface area contributed by atoms with Gasteiger partial charge in [-0.1, -0.05) is 6.07 Å². The van der Waals surface area contributed by atoms with Crippen molar-refractivity contribution in [2.75, 3.05) is 12.3 Å². The summed E-state index contributed by atoms with van der Waals surface area (Å²) in [5.41, 5.74) is 8.58. The standard InChI is InChI=1S/C15H17FN2S2/c1-10-7-13(20-8-12(16)5-6-17)3-4-14(10)15-9-19-11(2)18-15/h3-5,7,9H,6,8,17H2,1-2H3/b12-5+. The Balaban J connectivity index is 2.12. The van der Waals surface area contributed by atoms with E-state index in [-0.39, 0.29) is 12.4 Å². The second kappa shape index (κ2) is 7.02. The first kappa shape index (κ1) is 15.2. The van der Waals surface area contributed by atoms with Crippen LogP contribution in [0.25, 0.3) is 11.3 Å². The van der Waals surface area contributed by atoms with Gasteiger partial charge in [0.15, 0.2) is 0 Å². The van der Waals surface area contributed by atoms with E-state index in [0.717, 1.165) is 26.7 Å². The maximum atomic E-state index is 13.3. The van der Waals surface area contributed by atoms with Crippen molar-refractivity contribution in [3.05, 3.63) is 46.1 Å². The topological polar surface area (TPSA) is 38.9 Å². The number of benzene rings is 1. The Hall–Kier alpha value is -1.17. The minimum atomic E-state index is -0.172. The molecule has 2 nitrogen and oxygen atoms in total. The molecule has 2 rings (SSSR count). The molecule has 0 saturated heterocycles. The van der Waals surface area contributed by atoms with Gasteiger partial charge in [0.1, 0.15) is 5.83 Å². The number of halogens is 1. The zero-order valence-corrected chi connectivity index (χ0v) is 13.2. The molecule has 0 spiro atoms. The number of nitrogens with zero attached hydrogens (tertiary/aromatic N) is 1. The van der Waals surface area contributed by atoms with Gasteiger partial charge < -0.3 is 5.73 Å². The molecule has 20 heavy (non-hydrogen) atoms. The highest BCUT2D eigenvalue weighted by Gasteiger charge is 2.07. The monoisotopic (exact) mass is 308 g/mol. The third-order valence-corrected chi connectivity index (χ3v) is 4.59. The van der Waals surface area contributed by atoms with E-state index in [0.29, 0.717) is 5.75 Å². The third kappa shape index (κ3) is 3.91. The van der Waals surface area contributed by atoms with Crippen molar-refractivity contribution >= 4 is 23.1 Å². The SMILES string of the molecule is Cc1nc(-c2ccc(SC/C(F)=C\CN)cc2C)cs1. The zero-order valence-electron chi connectivity index (χ0n) is 11.5. The Morgan fingerprint density at radius 3 is 2.85 bits per heavy atom. The first-order valence-electron chi connectivity index (χ1n) is 6.30. The summed E-state index contributed by atoms with van der Waals surface area (Å²) in [6.07, 6.45) is 1.41. The summed E-state index contributed by atoms with van der Waals surface area (Å²) in [6.45, 7) is 4.30. The molecule has 0 fully saturated rings. The van der Waals surface area contributed by atoms with Crippen LogP contribution in [0.3, 0.4) is 0 Å². The lowest BCUT2D eigenvalue weighted by Crippen LogP contribution is -1.95. The molecule has 1 aromatic carbocycles. The van der Waals surface area contributed by atoms with Crippen LogP contribution >= 0.6 is 23.1 Å². The molecule has 0 saturated carbocycles. The highest BCUT2D eigenvalue weighted by Crippen LogP contribution is 2.29. The summed E-state index contributed by atoms with van der Waals surface area (Å²) in [5, 5.41) is 3.13. The molecule has 1 heterocycles. The predicted molar refractivity (Wildman–Crippen MR) is 86.0 cm³/mol. The normalized spacial score (nSPS) is 11.9. The van der Waals surface area contributed by atoms with Gasteiger partial charge in [-0.15, -0.1) is 23.1 Å². The lowest BCUT2D eigenvalue weighted by atomic mass is 10.1. The van der Waals surface area contributed by atoms with Gasteiger partial charge in [-0.3, -0.25) is 0 Å². The Morgan fingerprint density at radius 2 is 2.25 bits per heavy atom. The highest BCUT2D eigenvalue weighted by molar-refractivity contribution is 7.99. The Morgan fingerprint density at radius 1 is 1.45 bits per heavy atom. The summed E-state index contributed by atoms with van der Waals surface area (Å²) in [4.78, 5) is 5.55. The van der Waals surface area contributed by atoms with E-state index in [1.165, 1.54) is 17.8 Å². The molecule has 5 heteroatoms. The van der Waals surface area contributed by atoms with E-state index in [2.05, 4.69) is 29.4 Å². The molecule has 2 N–H and O–H groups in total. The number of nitrogens with two attached hydrogens (primary N) is 1.